The van der Waals surface area contributed by atoms with Crippen LogP contribution in [0.5, 0.6) is 0 Å². The largest absolute Gasteiger partial charge is 0.386 e. The number of allylic oxidation sites excluding steroid dienone is 2. The zero-order chi connectivity index (χ0) is 12.7. The van der Waals surface area contributed by atoms with Crippen LogP contribution in [-0.4, -0.2) is 22.4 Å². The third-order valence-electron chi connectivity index (χ3n) is 4.55. The van der Waals surface area contributed by atoms with Gasteiger partial charge < -0.3 is 10.2 Å². The highest BCUT2D eigenvalue weighted by Crippen LogP contribution is 2.44. The Balaban J connectivity index is 2.44. The van der Waals surface area contributed by atoms with Gasteiger partial charge in [-0.3, -0.25) is 0 Å². The molecule has 2 nitrogen and oxygen atoms in total. The second-order valence-electron chi connectivity index (χ2n) is 6.01. The molecule has 0 spiro atoms. The van der Waals surface area contributed by atoms with Gasteiger partial charge in [0.1, 0.15) is 12.2 Å². The molecule has 96 valence electrons. The van der Waals surface area contributed by atoms with Gasteiger partial charge in [0, 0.05) is 5.92 Å². The van der Waals surface area contributed by atoms with E-state index in [1.807, 2.05) is 6.92 Å². The van der Waals surface area contributed by atoms with Crippen LogP contribution in [0.3, 0.4) is 0 Å². The standard InChI is InChI=1S/C15H24O2/c1-8(2)11-6-5-9(3)13-12(11)7-10(4)14(16)15(13)17/h7-8,11-12,14-17H,5-6H2,1-4H3/t11-,12-,14+,15+/m0/s1. The minimum Gasteiger partial charge on any atom is -0.386 e. The number of aliphatic hydroxyl groups is 2. The van der Waals surface area contributed by atoms with Gasteiger partial charge in [-0.1, -0.05) is 25.5 Å². The maximum atomic E-state index is 10.3. The highest BCUT2D eigenvalue weighted by atomic mass is 16.3. The van der Waals surface area contributed by atoms with Crippen molar-refractivity contribution >= 4 is 0 Å². The van der Waals surface area contributed by atoms with E-state index in [0.717, 1.165) is 17.6 Å². The lowest BCUT2D eigenvalue weighted by Gasteiger charge is -2.42. The molecule has 0 aromatic rings. The van der Waals surface area contributed by atoms with Gasteiger partial charge >= 0.3 is 0 Å². The lowest BCUT2D eigenvalue weighted by molar-refractivity contribution is 0.0450. The Morgan fingerprint density at radius 2 is 1.82 bits per heavy atom. The van der Waals surface area contributed by atoms with Gasteiger partial charge in [-0.05, 0) is 49.7 Å². The topological polar surface area (TPSA) is 40.5 Å². The summed E-state index contributed by atoms with van der Waals surface area (Å²) in [5, 5.41) is 20.2. The van der Waals surface area contributed by atoms with Gasteiger partial charge in [0.15, 0.2) is 0 Å². The molecule has 2 aliphatic rings. The van der Waals surface area contributed by atoms with Crippen LogP contribution in [0.4, 0.5) is 0 Å². The zero-order valence-electron chi connectivity index (χ0n) is 11.3. The molecule has 0 aliphatic heterocycles. The van der Waals surface area contributed by atoms with Crippen LogP contribution in [0.15, 0.2) is 22.8 Å². The summed E-state index contributed by atoms with van der Waals surface area (Å²) in [6.45, 7) is 8.53. The Hall–Kier alpha value is -0.600. The molecule has 0 unspecified atom stereocenters. The van der Waals surface area contributed by atoms with E-state index in [1.54, 1.807) is 0 Å². The molecule has 0 amide bonds. The first-order valence-electron chi connectivity index (χ1n) is 6.67. The van der Waals surface area contributed by atoms with Gasteiger partial charge in [-0.25, -0.2) is 0 Å². The first kappa shape index (κ1) is 12.8. The summed E-state index contributed by atoms with van der Waals surface area (Å²) in [7, 11) is 0. The van der Waals surface area contributed by atoms with Crippen molar-refractivity contribution in [3.8, 4) is 0 Å². The van der Waals surface area contributed by atoms with Crippen molar-refractivity contribution in [1.82, 2.24) is 0 Å². The van der Waals surface area contributed by atoms with E-state index in [0.29, 0.717) is 17.8 Å². The molecule has 0 bridgehead atoms. The quantitative estimate of drug-likeness (QED) is 0.687. The molecular formula is C15H24O2. The number of hydrogen-bond donors (Lipinski definition) is 2. The highest BCUT2D eigenvalue weighted by molar-refractivity contribution is 5.36. The fraction of sp³-hybridized carbons (Fsp3) is 0.733. The van der Waals surface area contributed by atoms with Crippen molar-refractivity contribution in [3.63, 3.8) is 0 Å². The fourth-order valence-corrected chi connectivity index (χ4v) is 3.43. The van der Waals surface area contributed by atoms with Crippen LogP contribution < -0.4 is 0 Å². The predicted molar refractivity (Wildman–Crippen MR) is 69.5 cm³/mol. The van der Waals surface area contributed by atoms with Gasteiger partial charge in [0.05, 0.1) is 0 Å². The minimum atomic E-state index is -0.706. The zero-order valence-corrected chi connectivity index (χ0v) is 11.3. The Kier molecular flexibility index (Phi) is 3.46. The Morgan fingerprint density at radius 1 is 1.18 bits per heavy atom. The number of hydrogen-bond acceptors (Lipinski definition) is 2. The summed E-state index contributed by atoms with van der Waals surface area (Å²) >= 11 is 0. The van der Waals surface area contributed by atoms with E-state index in [4.69, 9.17) is 0 Å². The Bertz CT molecular complexity index is 365. The molecule has 2 heteroatoms. The fourth-order valence-electron chi connectivity index (χ4n) is 3.43. The maximum Gasteiger partial charge on any atom is 0.106 e. The van der Waals surface area contributed by atoms with Gasteiger partial charge in [-0.15, -0.1) is 0 Å². The Labute approximate surface area is 104 Å². The van der Waals surface area contributed by atoms with Gasteiger partial charge in [-0.2, -0.15) is 0 Å². The smallest absolute Gasteiger partial charge is 0.106 e. The monoisotopic (exact) mass is 236 g/mol. The summed E-state index contributed by atoms with van der Waals surface area (Å²) in [6, 6.07) is 0. The molecule has 0 radical (unpaired) electrons. The summed E-state index contributed by atoms with van der Waals surface area (Å²) in [5.74, 6) is 1.56. The maximum absolute atomic E-state index is 10.3. The number of fused-ring (bicyclic) bond motifs is 1. The van der Waals surface area contributed by atoms with E-state index >= 15 is 0 Å². The molecule has 4 atom stereocenters. The normalized spacial score (nSPS) is 38.2. The summed E-state index contributed by atoms with van der Waals surface area (Å²) in [4.78, 5) is 0. The second-order valence-corrected chi connectivity index (χ2v) is 6.01. The van der Waals surface area contributed by atoms with Crippen LogP contribution in [0.25, 0.3) is 0 Å². The molecule has 0 saturated heterocycles. The molecule has 0 heterocycles. The SMILES string of the molecule is CC1=C[C@@H]2C(=C(C)CC[C@H]2C(C)C)[C@@H](O)[C@@H]1O. The third kappa shape index (κ3) is 2.09. The van der Waals surface area contributed by atoms with Crippen LogP contribution in [0, 0.1) is 17.8 Å². The molecule has 0 aromatic carbocycles. The van der Waals surface area contributed by atoms with Crippen molar-refractivity contribution in [1.29, 1.82) is 0 Å². The van der Waals surface area contributed by atoms with Gasteiger partial charge in [0.25, 0.3) is 0 Å². The lowest BCUT2D eigenvalue weighted by Crippen LogP contribution is -2.41. The van der Waals surface area contributed by atoms with Crippen molar-refractivity contribution < 1.29 is 10.2 Å². The van der Waals surface area contributed by atoms with E-state index in [-0.39, 0.29) is 0 Å². The van der Waals surface area contributed by atoms with Crippen molar-refractivity contribution in [2.75, 3.05) is 0 Å². The van der Waals surface area contributed by atoms with E-state index in [2.05, 4.69) is 26.8 Å². The molecule has 17 heavy (non-hydrogen) atoms. The second kappa shape index (κ2) is 4.58. The van der Waals surface area contributed by atoms with E-state index in [1.165, 1.54) is 12.0 Å². The predicted octanol–water partition coefficient (Wildman–Crippen LogP) is 2.67. The van der Waals surface area contributed by atoms with E-state index in [9.17, 15) is 10.2 Å². The summed E-state index contributed by atoms with van der Waals surface area (Å²) in [5.41, 5.74) is 3.29. The average molecular weight is 236 g/mol. The van der Waals surface area contributed by atoms with Crippen molar-refractivity contribution in [3.05, 3.63) is 22.8 Å². The number of rotatable bonds is 1. The molecule has 0 saturated carbocycles. The highest BCUT2D eigenvalue weighted by Gasteiger charge is 2.39. The molecule has 2 N–H and O–H groups in total. The third-order valence-corrected chi connectivity index (χ3v) is 4.55. The first-order chi connectivity index (χ1) is 7.93. The first-order valence-corrected chi connectivity index (χ1v) is 6.67. The van der Waals surface area contributed by atoms with Crippen LogP contribution in [0.2, 0.25) is 0 Å². The van der Waals surface area contributed by atoms with Crippen LogP contribution >= 0.6 is 0 Å². The lowest BCUT2D eigenvalue weighted by atomic mass is 9.65. The molecular weight excluding hydrogens is 212 g/mol. The Morgan fingerprint density at radius 3 is 2.41 bits per heavy atom. The molecule has 0 aromatic heterocycles. The minimum absolute atomic E-state index is 0.335. The molecule has 0 fully saturated rings. The van der Waals surface area contributed by atoms with Crippen LogP contribution in [-0.2, 0) is 0 Å². The van der Waals surface area contributed by atoms with Crippen LogP contribution in [0.1, 0.15) is 40.5 Å². The average Bonchev–Trinajstić information content (AvgIpc) is 2.25. The number of aliphatic hydroxyl groups excluding tert-OH is 2. The molecule has 2 rings (SSSR count). The van der Waals surface area contributed by atoms with E-state index < -0.39 is 12.2 Å². The summed E-state index contributed by atoms with van der Waals surface area (Å²) in [6.07, 6.45) is 3.05. The summed E-state index contributed by atoms with van der Waals surface area (Å²) < 4.78 is 0. The van der Waals surface area contributed by atoms with Crippen molar-refractivity contribution in [2.24, 2.45) is 17.8 Å². The van der Waals surface area contributed by atoms with Crippen molar-refractivity contribution in [2.45, 2.75) is 52.7 Å². The van der Waals surface area contributed by atoms with Gasteiger partial charge in [0.2, 0.25) is 0 Å². The molecule has 2 aliphatic carbocycles.